The highest BCUT2D eigenvalue weighted by molar-refractivity contribution is 6.30. The molecular weight excluding hydrogens is 317 g/mol. The van der Waals surface area contributed by atoms with E-state index < -0.39 is 0 Å². The first-order valence-corrected chi connectivity index (χ1v) is 8.09. The van der Waals surface area contributed by atoms with Gasteiger partial charge in [0.15, 0.2) is 0 Å². The van der Waals surface area contributed by atoms with Crippen molar-refractivity contribution in [3.8, 4) is 5.75 Å². The first kappa shape index (κ1) is 16.2. The van der Waals surface area contributed by atoms with Gasteiger partial charge in [0.1, 0.15) is 11.6 Å². The van der Waals surface area contributed by atoms with E-state index in [-0.39, 0.29) is 18.5 Å². The molecule has 1 atom stereocenters. The molecular formula is C18H19ClFNO2. The molecule has 0 bridgehead atoms. The van der Waals surface area contributed by atoms with Crippen LogP contribution in [0.1, 0.15) is 35.6 Å². The summed E-state index contributed by atoms with van der Waals surface area (Å²) in [6.07, 6.45) is 1.91. The van der Waals surface area contributed by atoms with E-state index in [2.05, 4.69) is 5.32 Å². The van der Waals surface area contributed by atoms with Crippen LogP contribution in [-0.2, 0) is 13.2 Å². The number of hydrogen-bond acceptors (Lipinski definition) is 3. The van der Waals surface area contributed by atoms with Gasteiger partial charge in [-0.15, -0.1) is 0 Å². The van der Waals surface area contributed by atoms with E-state index in [1.165, 1.54) is 6.07 Å². The maximum absolute atomic E-state index is 13.4. The van der Waals surface area contributed by atoms with Crippen LogP contribution >= 0.6 is 11.6 Å². The molecule has 0 saturated carbocycles. The molecule has 2 aromatic rings. The van der Waals surface area contributed by atoms with Gasteiger partial charge in [0.2, 0.25) is 0 Å². The third-order valence-corrected chi connectivity index (χ3v) is 4.31. The third-order valence-electron chi connectivity index (χ3n) is 4.08. The third kappa shape index (κ3) is 3.83. The predicted octanol–water partition coefficient (Wildman–Crippen LogP) is 3.97. The Labute approximate surface area is 140 Å². The minimum absolute atomic E-state index is 0.160. The minimum atomic E-state index is -0.376. The quantitative estimate of drug-likeness (QED) is 0.888. The number of ether oxygens (including phenoxy) is 1. The van der Waals surface area contributed by atoms with E-state index in [0.29, 0.717) is 23.7 Å². The van der Waals surface area contributed by atoms with Crippen molar-refractivity contribution in [2.75, 3.05) is 6.61 Å². The van der Waals surface area contributed by atoms with Gasteiger partial charge in [0, 0.05) is 28.7 Å². The molecule has 0 spiro atoms. The highest BCUT2D eigenvalue weighted by atomic mass is 35.5. The average molecular weight is 336 g/mol. The minimum Gasteiger partial charge on any atom is -0.493 e. The van der Waals surface area contributed by atoms with Gasteiger partial charge < -0.3 is 15.2 Å². The highest BCUT2D eigenvalue weighted by Crippen LogP contribution is 2.33. The molecule has 3 rings (SSSR count). The highest BCUT2D eigenvalue weighted by Gasteiger charge is 2.19. The number of aliphatic hydroxyl groups excluding tert-OH is 1. The summed E-state index contributed by atoms with van der Waals surface area (Å²) in [4.78, 5) is 0. The van der Waals surface area contributed by atoms with E-state index in [1.807, 2.05) is 18.2 Å². The van der Waals surface area contributed by atoms with Crippen molar-refractivity contribution < 1.29 is 14.2 Å². The SMILES string of the molecule is OCc1cc(CNC2CCCOc3cc(Cl)ccc32)ccc1F. The lowest BCUT2D eigenvalue weighted by Crippen LogP contribution is -2.20. The fraction of sp³-hybridized carbons (Fsp3) is 0.333. The van der Waals surface area contributed by atoms with E-state index in [4.69, 9.17) is 21.4 Å². The molecule has 23 heavy (non-hydrogen) atoms. The molecule has 1 heterocycles. The Kier molecular flexibility index (Phi) is 5.16. The van der Waals surface area contributed by atoms with Crippen LogP contribution in [0.3, 0.4) is 0 Å². The maximum Gasteiger partial charge on any atom is 0.128 e. The maximum atomic E-state index is 13.4. The van der Waals surface area contributed by atoms with Crippen LogP contribution in [0.4, 0.5) is 4.39 Å². The molecule has 0 aromatic heterocycles. The number of aliphatic hydroxyl groups is 1. The molecule has 0 saturated heterocycles. The lowest BCUT2D eigenvalue weighted by Gasteiger charge is -2.19. The molecule has 0 amide bonds. The predicted molar refractivity (Wildman–Crippen MR) is 88.1 cm³/mol. The molecule has 1 aliphatic rings. The van der Waals surface area contributed by atoms with Crippen molar-refractivity contribution in [1.82, 2.24) is 5.32 Å². The fourth-order valence-electron chi connectivity index (χ4n) is 2.86. The molecule has 2 aromatic carbocycles. The van der Waals surface area contributed by atoms with Crippen LogP contribution in [0.2, 0.25) is 5.02 Å². The van der Waals surface area contributed by atoms with Crippen LogP contribution in [0.15, 0.2) is 36.4 Å². The summed E-state index contributed by atoms with van der Waals surface area (Å²) in [5.41, 5.74) is 2.35. The zero-order valence-corrected chi connectivity index (χ0v) is 13.4. The first-order valence-electron chi connectivity index (χ1n) is 7.71. The smallest absolute Gasteiger partial charge is 0.128 e. The molecule has 0 aliphatic carbocycles. The van der Waals surface area contributed by atoms with Crippen molar-refractivity contribution in [2.45, 2.75) is 32.0 Å². The van der Waals surface area contributed by atoms with Crippen LogP contribution in [0, 0.1) is 5.82 Å². The van der Waals surface area contributed by atoms with E-state index in [0.717, 1.165) is 29.7 Å². The number of hydrogen-bond donors (Lipinski definition) is 2. The van der Waals surface area contributed by atoms with Crippen LogP contribution in [0.5, 0.6) is 5.75 Å². The molecule has 2 N–H and O–H groups in total. The summed E-state index contributed by atoms with van der Waals surface area (Å²) in [6, 6.07) is 10.7. The van der Waals surface area contributed by atoms with Gasteiger partial charge in [-0.2, -0.15) is 0 Å². The second kappa shape index (κ2) is 7.30. The summed E-state index contributed by atoms with van der Waals surface area (Å²) in [7, 11) is 0. The summed E-state index contributed by atoms with van der Waals surface area (Å²) in [5.74, 6) is 0.446. The summed E-state index contributed by atoms with van der Waals surface area (Å²) in [6.45, 7) is 0.981. The van der Waals surface area contributed by atoms with E-state index in [9.17, 15) is 4.39 Å². The Hall–Kier alpha value is -1.62. The van der Waals surface area contributed by atoms with Crippen LogP contribution in [-0.4, -0.2) is 11.7 Å². The van der Waals surface area contributed by atoms with Gasteiger partial charge in [0.25, 0.3) is 0 Å². The van der Waals surface area contributed by atoms with Gasteiger partial charge in [-0.25, -0.2) is 4.39 Å². The Balaban J connectivity index is 1.75. The normalized spacial score (nSPS) is 17.3. The number of halogens is 2. The zero-order chi connectivity index (χ0) is 16.2. The number of nitrogens with one attached hydrogen (secondary N) is 1. The van der Waals surface area contributed by atoms with Crippen molar-refractivity contribution in [2.24, 2.45) is 0 Å². The number of rotatable bonds is 4. The largest absolute Gasteiger partial charge is 0.493 e. The lowest BCUT2D eigenvalue weighted by atomic mass is 10.0. The Morgan fingerprint density at radius 1 is 1.26 bits per heavy atom. The topological polar surface area (TPSA) is 41.5 Å². The molecule has 1 unspecified atom stereocenters. The second-order valence-electron chi connectivity index (χ2n) is 5.69. The van der Waals surface area contributed by atoms with Crippen molar-refractivity contribution in [1.29, 1.82) is 0 Å². The fourth-order valence-corrected chi connectivity index (χ4v) is 3.02. The Morgan fingerprint density at radius 3 is 2.96 bits per heavy atom. The summed E-state index contributed by atoms with van der Waals surface area (Å²) in [5, 5.41) is 13.3. The van der Waals surface area contributed by atoms with Crippen LogP contribution in [0.25, 0.3) is 0 Å². The van der Waals surface area contributed by atoms with Gasteiger partial charge >= 0.3 is 0 Å². The second-order valence-corrected chi connectivity index (χ2v) is 6.13. The Bertz CT molecular complexity index is 693. The lowest BCUT2D eigenvalue weighted by molar-refractivity contribution is 0.275. The molecule has 0 fully saturated rings. The van der Waals surface area contributed by atoms with Crippen molar-refractivity contribution in [3.63, 3.8) is 0 Å². The van der Waals surface area contributed by atoms with Gasteiger partial charge in [-0.3, -0.25) is 0 Å². The van der Waals surface area contributed by atoms with Gasteiger partial charge in [0.05, 0.1) is 13.2 Å². The van der Waals surface area contributed by atoms with E-state index in [1.54, 1.807) is 12.1 Å². The monoisotopic (exact) mass is 335 g/mol. The molecule has 122 valence electrons. The van der Waals surface area contributed by atoms with Gasteiger partial charge in [-0.1, -0.05) is 23.7 Å². The first-order chi connectivity index (χ1) is 11.2. The average Bonchev–Trinajstić information content (AvgIpc) is 2.75. The molecule has 0 radical (unpaired) electrons. The summed E-state index contributed by atoms with van der Waals surface area (Å²) < 4.78 is 19.2. The van der Waals surface area contributed by atoms with Gasteiger partial charge in [-0.05, 0) is 42.7 Å². The molecule has 1 aliphatic heterocycles. The van der Waals surface area contributed by atoms with Crippen molar-refractivity contribution >= 4 is 11.6 Å². The van der Waals surface area contributed by atoms with Crippen LogP contribution < -0.4 is 10.1 Å². The zero-order valence-electron chi connectivity index (χ0n) is 12.7. The van der Waals surface area contributed by atoms with Crippen molar-refractivity contribution in [3.05, 3.63) is 63.9 Å². The van der Waals surface area contributed by atoms with E-state index >= 15 is 0 Å². The Morgan fingerprint density at radius 2 is 2.13 bits per heavy atom. The summed E-state index contributed by atoms with van der Waals surface area (Å²) >= 11 is 6.04. The molecule has 3 nitrogen and oxygen atoms in total. The number of benzene rings is 2. The number of fused-ring (bicyclic) bond motifs is 1. The standard InChI is InChI=1S/C18H19ClFNO2/c19-14-4-5-15-17(2-1-7-23-18(15)9-14)21-10-12-3-6-16(20)13(8-12)11-22/h3-6,8-9,17,21-22H,1-2,7,10-11H2. The molecule has 5 heteroatoms.